The molecule has 1 N–H and O–H groups in total. The molecule has 1 amide bonds. The summed E-state index contributed by atoms with van der Waals surface area (Å²) < 4.78 is 9.57. The van der Waals surface area contributed by atoms with Crippen LogP contribution in [0.2, 0.25) is 0 Å². The molecule has 0 radical (unpaired) electrons. The first-order valence-electron chi connectivity index (χ1n) is 7.29. The lowest BCUT2D eigenvalue weighted by molar-refractivity contribution is -0.138. The zero-order chi connectivity index (χ0) is 17.0. The van der Waals surface area contributed by atoms with Crippen molar-refractivity contribution in [2.45, 2.75) is 33.6 Å². The van der Waals surface area contributed by atoms with E-state index in [-0.39, 0.29) is 18.6 Å². The molecule has 7 heteroatoms. The second kappa shape index (κ2) is 10.8. The first-order valence-corrected chi connectivity index (χ1v) is 7.29. The summed E-state index contributed by atoms with van der Waals surface area (Å²) in [6.45, 7) is 10.1. The fourth-order valence-corrected chi connectivity index (χ4v) is 2.09. The number of alkyl carbamates (subject to hydrolysis) is 1. The van der Waals surface area contributed by atoms with Crippen molar-refractivity contribution < 1.29 is 19.1 Å². The maximum atomic E-state index is 11.5. The number of hydrogen-bond acceptors (Lipinski definition) is 6. The van der Waals surface area contributed by atoms with Crippen LogP contribution in [0, 0.1) is 16.2 Å². The molecular formula is C15H26N2O5. The summed E-state index contributed by atoms with van der Waals surface area (Å²) in [5.74, 6) is -0.201. The molecule has 0 spiro atoms. The lowest BCUT2D eigenvalue weighted by Crippen LogP contribution is -2.35. The smallest absolute Gasteiger partial charge is 0.407 e. The van der Waals surface area contributed by atoms with Gasteiger partial charge in [0.2, 0.25) is 0 Å². The average molecular weight is 314 g/mol. The third-order valence-electron chi connectivity index (χ3n) is 3.05. The Morgan fingerprint density at radius 2 is 1.95 bits per heavy atom. The van der Waals surface area contributed by atoms with Crippen LogP contribution >= 0.6 is 0 Å². The van der Waals surface area contributed by atoms with E-state index in [2.05, 4.69) is 28.7 Å². The minimum Gasteiger partial charge on any atom is -0.459 e. The standard InChI is InChI=1S/C15H26N2O5/c1-5-13(18)21-8-9-22-14(19)16-11-15(3,4)10-12(2)6-7-17-20/h5,12H,1,6-11H2,2-4H3,(H,16,19). The second-order valence-corrected chi connectivity index (χ2v) is 5.98. The van der Waals surface area contributed by atoms with Crippen LogP contribution in [0.3, 0.4) is 0 Å². The molecule has 0 aliphatic rings. The summed E-state index contributed by atoms with van der Waals surface area (Å²) in [6.07, 6.45) is 2.10. The van der Waals surface area contributed by atoms with E-state index in [1.807, 2.05) is 13.8 Å². The molecule has 1 unspecified atom stereocenters. The molecule has 0 rings (SSSR count). The molecular weight excluding hydrogens is 288 g/mol. The van der Waals surface area contributed by atoms with Crippen LogP contribution in [-0.2, 0) is 14.3 Å². The van der Waals surface area contributed by atoms with Gasteiger partial charge in [-0.1, -0.05) is 32.5 Å². The molecule has 0 aliphatic carbocycles. The number of carbonyl (C=O) groups is 2. The van der Waals surface area contributed by atoms with Crippen molar-refractivity contribution in [2.24, 2.45) is 16.5 Å². The maximum Gasteiger partial charge on any atom is 0.407 e. The zero-order valence-electron chi connectivity index (χ0n) is 13.6. The minimum atomic E-state index is -0.552. The molecule has 0 aromatic carbocycles. The van der Waals surface area contributed by atoms with E-state index in [1.54, 1.807) is 0 Å². The summed E-state index contributed by atoms with van der Waals surface area (Å²) in [5.41, 5.74) is -0.114. The first kappa shape index (κ1) is 20.1. The number of ether oxygens (including phenoxy) is 2. The largest absolute Gasteiger partial charge is 0.459 e. The summed E-state index contributed by atoms with van der Waals surface area (Å²) in [4.78, 5) is 32.4. The van der Waals surface area contributed by atoms with E-state index in [1.165, 1.54) is 0 Å². The quantitative estimate of drug-likeness (QED) is 0.274. The Kier molecular flexibility index (Phi) is 9.82. The van der Waals surface area contributed by atoms with Gasteiger partial charge in [-0.05, 0) is 24.2 Å². The predicted octanol–water partition coefficient (Wildman–Crippen LogP) is 2.65. The highest BCUT2D eigenvalue weighted by Crippen LogP contribution is 2.26. The fourth-order valence-electron chi connectivity index (χ4n) is 2.09. The highest BCUT2D eigenvalue weighted by molar-refractivity contribution is 5.81. The van der Waals surface area contributed by atoms with E-state index < -0.39 is 12.1 Å². The SMILES string of the molecule is C=CC(=O)OCCOC(=O)NCC(C)(C)CC(C)CCN=O. The number of amides is 1. The first-order chi connectivity index (χ1) is 10.3. The average Bonchev–Trinajstić information content (AvgIpc) is 2.46. The number of nitrogens with zero attached hydrogens (tertiary/aromatic N) is 1. The zero-order valence-corrected chi connectivity index (χ0v) is 13.6. The van der Waals surface area contributed by atoms with E-state index >= 15 is 0 Å². The van der Waals surface area contributed by atoms with E-state index in [0.29, 0.717) is 19.0 Å². The Labute approximate surface area is 131 Å². The summed E-state index contributed by atoms with van der Waals surface area (Å²) >= 11 is 0. The van der Waals surface area contributed by atoms with Crippen molar-refractivity contribution in [2.75, 3.05) is 26.3 Å². The van der Waals surface area contributed by atoms with Crippen LogP contribution in [0.1, 0.15) is 33.6 Å². The molecule has 22 heavy (non-hydrogen) atoms. The molecule has 0 saturated carbocycles. The van der Waals surface area contributed by atoms with Gasteiger partial charge in [0.25, 0.3) is 0 Å². The van der Waals surface area contributed by atoms with Gasteiger partial charge < -0.3 is 14.8 Å². The second-order valence-electron chi connectivity index (χ2n) is 5.98. The lowest BCUT2D eigenvalue weighted by Gasteiger charge is -2.27. The van der Waals surface area contributed by atoms with Crippen LogP contribution in [0.25, 0.3) is 0 Å². The highest BCUT2D eigenvalue weighted by atomic mass is 16.6. The number of nitroso groups, excluding NO2 is 1. The van der Waals surface area contributed by atoms with Gasteiger partial charge in [-0.25, -0.2) is 9.59 Å². The van der Waals surface area contributed by atoms with Gasteiger partial charge in [-0.15, -0.1) is 0 Å². The topological polar surface area (TPSA) is 94.1 Å². The monoisotopic (exact) mass is 314 g/mol. The summed E-state index contributed by atoms with van der Waals surface area (Å²) in [7, 11) is 0. The predicted molar refractivity (Wildman–Crippen MR) is 83.3 cm³/mol. The van der Waals surface area contributed by atoms with Crippen LogP contribution in [-0.4, -0.2) is 38.4 Å². The number of nitrogens with one attached hydrogen (secondary N) is 1. The van der Waals surface area contributed by atoms with Gasteiger partial charge in [0.15, 0.2) is 0 Å². The van der Waals surface area contributed by atoms with Crippen molar-refractivity contribution in [1.82, 2.24) is 5.32 Å². The number of rotatable bonds is 11. The molecule has 126 valence electrons. The van der Waals surface area contributed by atoms with Crippen molar-refractivity contribution in [3.8, 4) is 0 Å². The van der Waals surface area contributed by atoms with Gasteiger partial charge in [-0.2, -0.15) is 4.91 Å². The van der Waals surface area contributed by atoms with Gasteiger partial charge in [0.05, 0.1) is 6.54 Å². The minimum absolute atomic E-state index is 0.00258. The van der Waals surface area contributed by atoms with Crippen LogP contribution in [0.15, 0.2) is 17.8 Å². The van der Waals surface area contributed by atoms with Crippen molar-refractivity contribution in [3.05, 3.63) is 17.6 Å². The van der Waals surface area contributed by atoms with Gasteiger partial charge in [0, 0.05) is 12.6 Å². The van der Waals surface area contributed by atoms with Crippen molar-refractivity contribution in [1.29, 1.82) is 0 Å². The molecule has 0 aliphatic heterocycles. The molecule has 1 atom stereocenters. The fraction of sp³-hybridized carbons (Fsp3) is 0.733. The molecule has 0 aromatic heterocycles. The Morgan fingerprint density at radius 1 is 1.32 bits per heavy atom. The molecule has 0 bridgehead atoms. The third-order valence-corrected chi connectivity index (χ3v) is 3.05. The van der Waals surface area contributed by atoms with E-state index in [0.717, 1.165) is 18.9 Å². The molecule has 0 heterocycles. The molecule has 0 saturated heterocycles. The molecule has 0 fully saturated rings. The molecule has 0 aromatic rings. The number of carbonyl (C=O) groups excluding carboxylic acids is 2. The van der Waals surface area contributed by atoms with Crippen molar-refractivity contribution >= 4 is 12.1 Å². The van der Waals surface area contributed by atoms with Gasteiger partial charge >= 0.3 is 12.1 Å². The normalized spacial score (nSPS) is 12.1. The van der Waals surface area contributed by atoms with Crippen molar-refractivity contribution in [3.63, 3.8) is 0 Å². The maximum absolute atomic E-state index is 11.5. The highest BCUT2D eigenvalue weighted by Gasteiger charge is 2.22. The van der Waals surface area contributed by atoms with Crippen LogP contribution in [0.4, 0.5) is 4.79 Å². The van der Waals surface area contributed by atoms with E-state index in [4.69, 9.17) is 4.74 Å². The number of hydrogen-bond donors (Lipinski definition) is 1. The van der Waals surface area contributed by atoms with Crippen LogP contribution < -0.4 is 5.32 Å². The summed E-state index contributed by atoms with van der Waals surface area (Å²) in [6, 6.07) is 0. The Balaban J connectivity index is 3.88. The Bertz CT molecular complexity index is 382. The lowest BCUT2D eigenvalue weighted by atomic mass is 9.82. The van der Waals surface area contributed by atoms with Gasteiger partial charge in [0.1, 0.15) is 13.2 Å². The molecule has 7 nitrogen and oxygen atoms in total. The van der Waals surface area contributed by atoms with Crippen LogP contribution in [0.5, 0.6) is 0 Å². The Hall–Kier alpha value is -1.92. The Morgan fingerprint density at radius 3 is 2.55 bits per heavy atom. The third kappa shape index (κ3) is 10.8. The van der Waals surface area contributed by atoms with Gasteiger partial charge in [-0.3, -0.25) is 0 Å². The summed E-state index contributed by atoms with van der Waals surface area (Å²) in [5, 5.41) is 5.54. The van der Waals surface area contributed by atoms with E-state index in [9.17, 15) is 14.5 Å². The number of esters is 1.